The molecule has 1 saturated heterocycles. The van der Waals surface area contributed by atoms with Crippen molar-refractivity contribution in [3.8, 4) is 0 Å². The number of hydrogen-bond donors (Lipinski definition) is 0. The van der Waals surface area contributed by atoms with Gasteiger partial charge >= 0.3 is 6.09 Å². The highest BCUT2D eigenvalue weighted by atomic mass is 16.6. The molecule has 0 aliphatic carbocycles. The minimum absolute atomic E-state index is 0.235. The molecule has 1 fully saturated rings. The number of benzene rings is 2. The summed E-state index contributed by atoms with van der Waals surface area (Å²) in [6.07, 6.45) is 3.14. The van der Waals surface area contributed by atoms with Crippen LogP contribution in [0.3, 0.4) is 0 Å². The van der Waals surface area contributed by atoms with Gasteiger partial charge in [-0.1, -0.05) is 60.7 Å². The van der Waals surface area contributed by atoms with Crippen LogP contribution in [0.4, 0.5) is 4.79 Å². The smallest absolute Gasteiger partial charge is 0.417 e. The molecule has 0 unspecified atom stereocenters. The maximum Gasteiger partial charge on any atom is 0.417 e. The van der Waals surface area contributed by atoms with Crippen LogP contribution in [0.2, 0.25) is 0 Å². The highest BCUT2D eigenvalue weighted by molar-refractivity contribution is 6.02. The monoisotopic (exact) mass is 307 g/mol. The SMILES string of the molecule is O=C(C=Cc1ccccc1)N1C(=O)OC[C@H]1Cc1ccccc1. The Balaban J connectivity index is 1.72. The quantitative estimate of drug-likeness (QED) is 0.814. The van der Waals surface area contributed by atoms with Crippen molar-refractivity contribution >= 4 is 18.1 Å². The van der Waals surface area contributed by atoms with Crippen LogP contribution < -0.4 is 0 Å². The summed E-state index contributed by atoms with van der Waals surface area (Å²) in [4.78, 5) is 25.4. The first-order chi connectivity index (χ1) is 11.2. The summed E-state index contributed by atoms with van der Waals surface area (Å²) >= 11 is 0. The van der Waals surface area contributed by atoms with Gasteiger partial charge in [0.25, 0.3) is 5.91 Å². The standard InChI is InChI=1S/C19H17NO3/c21-18(12-11-15-7-3-1-4-8-15)20-17(14-23-19(20)22)13-16-9-5-2-6-10-16/h1-12,17H,13-14H2/t17-/m1/s1. The molecular weight excluding hydrogens is 290 g/mol. The lowest BCUT2D eigenvalue weighted by Gasteiger charge is -2.18. The summed E-state index contributed by atoms with van der Waals surface area (Å²) < 4.78 is 5.06. The van der Waals surface area contributed by atoms with Gasteiger partial charge in [-0.25, -0.2) is 9.69 Å². The summed E-state index contributed by atoms with van der Waals surface area (Å²) in [7, 11) is 0. The van der Waals surface area contributed by atoms with E-state index in [0.717, 1.165) is 11.1 Å². The van der Waals surface area contributed by atoms with Crippen molar-refractivity contribution in [2.45, 2.75) is 12.5 Å². The maximum absolute atomic E-state index is 12.4. The van der Waals surface area contributed by atoms with E-state index >= 15 is 0 Å². The zero-order valence-electron chi connectivity index (χ0n) is 12.6. The molecular formula is C19H17NO3. The number of nitrogens with zero attached hydrogens (tertiary/aromatic N) is 1. The van der Waals surface area contributed by atoms with E-state index in [2.05, 4.69) is 0 Å². The summed E-state index contributed by atoms with van der Waals surface area (Å²) in [6.45, 7) is 0.235. The molecule has 2 aromatic rings. The van der Waals surface area contributed by atoms with Gasteiger partial charge in [-0.05, 0) is 23.6 Å². The van der Waals surface area contributed by atoms with Crippen molar-refractivity contribution in [1.29, 1.82) is 0 Å². The molecule has 1 aliphatic heterocycles. The number of cyclic esters (lactones) is 1. The van der Waals surface area contributed by atoms with Crippen molar-refractivity contribution in [3.63, 3.8) is 0 Å². The number of rotatable bonds is 4. The zero-order valence-corrected chi connectivity index (χ0v) is 12.6. The largest absolute Gasteiger partial charge is 0.447 e. The Morgan fingerprint density at radius 3 is 2.43 bits per heavy atom. The van der Waals surface area contributed by atoms with E-state index in [1.165, 1.54) is 11.0 Å². The second kappa shape index (κ2) is 6.92. The Morgan fingerprint density at radius 1 is 1.09 bits per heavy atom. The lowest BCUT2D eigenvalue weighted by atomic mass is 10.1. The Labute approximate surface area is 135 Å². The van der Waals surface area contributed by atoms with Crippen molar-refractivity contribution in [3.05, 3.63) is 77.9 Å². The van der Waals surface area contributed by atoms with E-state index in [0.29, 0.717) is 6.42 Å². The van der Waals surface area contributed by atoms with E-state index in [-0.39, 0.29) is 18.6 Å². The third-order valence-electron chi connectivity index (χ3n) is 3.73. The lowest BCUT2D eigenvalue weighted by molar-refractivity contribution is -0.124. The second-order valence-electron chi connectivity index (χ2n) is 5.37. The van der Waals surface area contributed by atoms with Gasteiger partial charge < -0.3 is 4.74 Å². The average molecular weight is 307 g/mol. The van der Waals surface area contributed by atoms with Crippen LogP contribution in [0.25, 0.3) is 6.08 Å². The van der Waals surface area contributed by atoms with Gasteiger partial charge in [-0.2, -0.15) is 0 Å². The molecule has 1 heterocycles. The molecule has 0 radical (unpaired) electrons. The third kappa shape index (κ3) is 3.66. The highest BCUT2D eigenvalue weighted by Crippen LogP contribution is 2.18. The normalized spacial score (nSPS) is 17.5. The molecule has 4 nitrogen and oxygen atoms in total. The van der Waals surface area contributed by atoms with E-state index in [4.69, 9.17) is 4.74 Å². The molecule has 1 aliphatic rings. The number of amides is 2. The average Bonchev–Trinajstić information content (AvgIpc) is 2.95. The Kier molecular flexibility index (Phi) is 4.52. The Bertz CT molecular complexity index is 710. The van der Waals surface area contributed by atoms with Gasteiger partial charge in [0.1, 0.15) is 6.61 Å². The first-order valence-corrected chi connectivity index (χ1v) is 7.51. The minimum Gasteiger partial charge on any atom is -0.447 e. The summed E-state index contributed by atoms with van der Waals surface area (Å²) in [5.74, 6) is -0.350. The van der Waals surface area contributed by atoms with Crippen LogP contribution in [0.15, 0.2) is 66.7 Å². The molecule has 0 N–H and O–H groups in total. The number of carbonyl (C=O) groups is 2. The van der Waals surface area contributed by atoms with Crippen molar-refractivity contribution < 1.29 is 14.3 Å². The molecule has 0 spiro atoms. The van der Waals surface area contributed by atoms with E-state index in [1.54, 1.807) is 6.08 Å². The molecule has 0 aromatic heterocycles. The molecule has 0 saturated carbocycles. The number of hydrogen-bond acceptors (Lipinski definition) is 3. The molecule has 1 atom stereocenters. The molecule has 4 heteroatoms. The van der Waals surface area contributed by atoms with Gasteiger partial charge in [0.15, 0.2) is 0 Å². The van der Waals surface area contributed by atoms with Crippen molar-refractivity contribution in [1.82, 2.24) is 4.90 Å². The lowest BCUT2D eigenvalue weighted by Crippen LogP contribution is -2.39. The first-order valence-electron chi connectivity index (χ1n) is 7.51. The fourth-order valence-corrected chi connectivity index (χ4v) is 2.58. The topological polar surface area (TPSA) is 46.6 Å². The van der Waals surface area contributed by atoms with Crippen LogP contribution in [0.5, 0.6) is 0 Å². The summed E-state index contributed by atoms with van der Waals surface area (Å²) in [6, 6.07) is 19.0. The predicted octanol–water partition coefficient (Wildman–Crippen LogP) is 3.29. The number of ether oxygens (including phenoxy) is 1. The van der Waals surface area contributed by atoms with Gasteiger partial charge in [-0.3, -0.25) is 4.79 Å². The Hall–Kier alpha value is -2.88. The molecule has 3 rings (SSSR count). The van der Waals surface area contributed by atoms with E-state index < -0.39 is 6.09 Å². The Morgan fingerprint density at radius 2 is 1.74 bits per heavy atom. The van der Waals surface area contributed by atoms with Gasteiger partial charge in [0.2, 0.25) is 0 Å². The fraction of sp³-hybridized carbons (Fsp3) is 0.158. The molecule has 0 bridgehead atoms. The summed E-state index contributed by atoms with van der Waals surface area (Å²) in [5.41, 5.74) is 1.98. The van der Waals surface area contributed by atoms with Crippen molar-refractivity contribution in [2.24, 2.45) is 0 Å². The zero-order chi connectivity index (χ0) is 16.1. The van der Waals surface area contributed by atoms with Crippen LogP contribution >= 0.6 is 0 Å². The van der Waals surface area contributed by atoms with Crippen LogP contribution in [0.1, 0.15) is 11.1 Å². The predicted molar refractivity (Wildman–Crippen MR) is 87.6 cm³/mol. The van der Waals surface area contributed by atoms with Crippen molar-refractivity contribution in [2.75, 3.05) is 6.61 Å². The maximum atomic E-state index is 12.4. The van der Waals surface area contributed by atoms with Crippen LogP contribution in [-0.2, 0) is 16.0 Å². The summed E-state index contributed by atoms with van der Waals surface area (Å²) in [5, 5.41) is 0. The van der Waals surface area contributed by atoms with Crippen LogP contribution in [-0.4, -0.2) is 29.5 Å². The molecule has 2 amide bonds. The fourth-order valence-electron chi connectivity index (χ4n) is 2.58. The van der Waals surface area contributed by atoms with E-state index in [1.807, 2.05) is 60.7 Å². The minimum atomic E-state index is -0.575. The van der Waals surface area contributed by atoms with Gasteiger partial charge in [0, 0.05) is 6.08 Å². The second-order valence-corrected chi connectivity index (χ2v) is 5.37. The number of imide groups is 1. The van der Waals surface area contributed by atoms with E-state index in [9.17, 15) is 9.59 Å². The molecule has 116 valence electrons. The molecule has 23 heavy (non-hydrogen) atoms. The first kappa shape index (κ1) is 15.0. The van der Waals surface area contributed by atoms with Crippen LogP contribution in [0, 0.1) is 0 Å². The third-order valence-corrected chi connectivity index (χ3v) is 3.73. The molecule has 2 aromatic carbocycles. The van der Waals surface area contributed by atoms with Gasteiger partial charge in [-0.15, -0.1) is 0 Å². The van der Waals surface area contributed by atoms with Gasteiger partial charge in [0.05, 0.1) is 6.04 Å². The number of carbonyl (C=O) groups excluding carboxylic acids is 2. The highest BCUT2D eigenvalue weighted by Gasteiger charge is 2.36.